The van der Waals surface area contributed by atoms with Gasteiger partial charge in [0.05, 0.1) is 23.7 Å². The fourth-order valence-corrected chi connectivity index (χ4v) is 4.37. The molecule has 1 aliphatic carbocycles. The molecule has 1 aromatic heterocycles. The van der Waals surface area contributed by atoms with Gasteiger partial charge < -0.3 is 10.2 Å². The van der Waals surface area contributed by atoms with Gasteiger partial charge in [0.25, 0.3) is 5.91 Å². The second-order valence-corrected chi connectivity index (χ2v) is 7.97. The first-order valence-electron chi connectivity index (χ1n) is 10.4. The van der Waals surface area contributed by atoms with Crippen LogP contribution in [0, 0.1) is 5.82 Å². The Morgan fingerprint density at radius 1 is 1.10 bits per heavy atom. The number of amides is 2. The minimum Gasteiger partial charge on any atom is -0.353 e. The van der Waals surface area contributed by atoms with Crippen LogP contribution < -0.4 is 5.32 Å². The summed E-state index contributed by atoms with van der Waals surface area (Å²) in [6.07, 6.45) is 8.63. The maximum Gasteiger partial charge on any atom is 0.256 e. The maximum absolute atomic E-state index is 13.2. The average Bonchev–Trinajstić information content (AvgIpc) is 2.89. The van der Waals surface area contributed by atoms with Gasteiger partial charge in [-0.25, -0.2) is 4.39 Å². The molecule has 29 heavy (non-hydrogen) atoms. The zero-order chi connectivity index (χ0) is 20.2. The van der Waals surface area contributed by atoms with E-state index in [1.165, 1.54) is 25.0 Å². The summed E-state index contributed by atoms with van der Waals surface area (Å²) in [5.41, 5.74) is 2.01. The summed E-state index contributed by atoms with van der Waals surface area (Å²) in [6, 6.07) is 9.41. The maximum atomic E-state index is 13.2. The van der Waals surface area contributed by atoms with E-state index in [0.29, 0.717) is 17.8 Å². The van der Waals surface area contributed by atoms with Crippen LogP contribution in [0.2, 0.25) is 0 Å². The predicted octanol–water partition coefficient (Wildman–Crippen LogP) is 4.15. The molecule has 2 aromatic rings. The van der Waals surface area contributed by atoms with E-state index >= 15 is 0 Å². The van der Waals surface area contributed by atoms with E-state index in [1.54, 1.807) is 35.4 Å². The molecule has 0 unspecified atom stereocenters. The molecule has 1 aromatic carbocycles. The van der Waals surface area contributed by atoms with Crippen molar-refractivity contribution in [2.75, 3.05) is 0 Å². The van der Waals surface area contributed by atoms with E-state index in [2.05, 4.69) is 10.3 Å². The highest BCUT2D eigenvalue weighted by molar-refractivity contribution is 5.99. The van der Waals surface area contributed by atoms with Crippen molar-refractivity contribution in [1.29, 1.82) is 0 Å². The molecular formula is C23H26FN3O2. The Bertz CT molecular complexity index is 876. The summed E-state index contributed by atoms with van der Waals surface area (Å²) in [7, 11) is 0. The normalized spacial score (nSPS) is 19.7. The van der Waals surface area contributed by atoms with Crippen molar-refractivity contribution in [2.45, 2.75) is 63.6 Å². The number of benzene rings is 1. The van der Waals surface area contributed by atoms with Crippen LogP contribution >= 0.6 is 0 Å². The lowest BCUT2D eigenvalue weighted by molar-refractivity contribution is -0.123. The van der Waals surface area contributed by atoms with Crippen LogP contribution in [-0.2, 0) is 11.3 Å². The monoisotopic (exact) mass is 395 g/mol. The van der Waals surface area contributed by atoms with Crippen LogP contribution in [0.15, 0.2) is 42.6 Å². The molecule has 1 aliphatic heterocycles. The smallest absolute Gasteiger partial charge is 0.256 e. The Balaban J connectivity index is 1.51. The number of carbonyl (C=O) groups is 2. The number of aromatic nitrogens is 1. The van der Waals surface area contributed by atoms with Crippen molar-refractivity contribution in [3.05, 3.63) is 65.2 Å². The fourth-order valence-electron chi connectivity index (χ4n) is 4.37. The first-order chi connectivity index (χ1) is 14.1. The highest BCUT2D eigenvalue weighted by Crippen LogP contribution is 2.35. The van der Waals surface area contributed by atoms with Crippen molar-refractivity contribution >= 4 is 11.8 Å². The zero-order valence-corrected chi connectivity index (χ0v) is 16.4. The Morgan fingerprint density at radius 2 is 1.83 bits per heavy atom. The lowest BCUT2D eigenvalue weighted by Crippen LogP contribution is -2.37. The summed E-state index contributed by atoms with van der Waals surface area (Å²) >= 11 is 0. The summed E-state index contributed by atoms with van der Waals surface area (Å²) < 4.78 is 13.2. The summed E-state index contributed by atoms with van der Waals surface area (Å²) in [5.74, 6) is -0.493. The van der Waals surface area contributed by atoms with Crippen LogP contribution in [0.1, 0.15) is 72.6 Å². The molecule has 0 radical (unpaired) electrons. The average molecular weight is 395 g/mol. The quantitative estimate of drug-likeness (QED) is 0.774. The van der Waals surface area contributed by atoms with Crippen molar-refractivity contribution in [2.24, 2.45) is 0 Å². The van der Waals surface area contributed by atoms with E-state index in [9.17, 15) is 14.0 Å². The van der Waals surface area contributed by atoms with Crippen LogP contribution in [0.5, 0.6) is 0 Å². The topological polar surface area (TPSA) is 62.3 Å². The third-order valence-electron chi connectivity index (χ3n) is 5.89. The molecule has 5 nitrogen and oxygen atoms in total. The van der Waals surface area contributed by atoms with Crippen molar-refractivity contribution < 1.29 is 14.0 Å². The van der Waals surface area contributed by atoms with Gasteiger partial charge in [0.2, 0.25) is 5.91 Å². The molecule has 2 amide bonds. The standard InChI is InChI=1S/C23H26FN3O2/c24-17-11-9-16(10-12-17)15-27-20(22-19(23(27)29)8-5-13-25-22)14-21(28)26-18-6-3-1-2-4-7-18/h5,8-13,18,20H,1-4,6-7,14-15H2,(H,26,28)/t20-/m1/s1. The number of fused-ring (bicyclic) bond motifs is 1. The van der Waals surface area contributed by atoms with E-state index in [-0.39, 0.29) is 30.1 Å². The summed E-state index contributed by atoms with van der Waals surface area (Å²) in [5, 5.41) is 3.17. The van der Waals surface area contributed by atoms with Gasteiger partial charge in [-0.05, 0) is 42.7 Å². The highest BCUT2D eigenvalue weighted by Gasteiger charge is 2.39. The van der Waals surface area contributed by atoms with Crippen molar-refractivity contribution in [1.82, 2.24) is 15.2 Å². The predicted molar refractivity (Wildman–Crippen MR) is 108 cm³/mol. The zero-order valence-electron chi connectivity index (χ0n) is 16.4. The molecule has 0 spiro atoms. The Labute approximate surface area is 170 Å². The molecule has 1 fully saturated rings. The Morgan fingerprint density at radius 3 is 2.55 bits per heavy atom. The third kappa shape index (κ3) is 4.47. The van der Waals surface area contributed by atoms with E-state index in [0.717, 1.165) is 31.2 Å². The van der Waals surface area contributed by atoms with Gasteiger partial charge in [-0.3, -0.25) is 14.6 Å². The van der Waals surface area contributed by atoms with Gasteiger partial charge in [0.1, 0.15) is 5.82 Å². The summed E-state index contributed by atoms with van der Waals surface area (Å²) in [4.78, 5) is 31.9. The number of hydrogen-bond donors (Lipinski definition) is 1. The highest BCUT2D eigenvalue weighted by atomic mass is 19.1. The molecule has 1 atom stereocenters. The van der Waals surface area contributed by atoms with Crippen LogP contribution in [0.3, 0.4) is 0 Å². The lowest BCUT2D eigenvalue weighted by Gasteiger charge is -2.25. The van der Waals surface area contributed by atoms with Crippen molar-refractivity contribution in [3.8, 4) is 0 Å². The summed E-state index contributed by atoms with van der Waals surface area (Å²) in [6.45, 7) is 0.316. The first kappa shape index (κ1) is 19.6. The Hall–Kier alpha value is -2.76. The van der Waals surface area contributed by atoms with E-state index in [1.807, 2.05) is 0 Å². The minimum atomic E-state index is -0.408. The number of nitrogens with one attached hydrogen (secondary N) is 1. The number of halogens is 1. The SMILES string of the molecule is O=C(C[C@@H]1c2ncccc2C(=O)N1Cc1ccc(F)cc1)NC1CCCCCC1. The van der Waals surface area contributed by atoms with E-state index in [4.69, 9.17) is 0 Å². The van der Waals surface area contributed by atoms with E-state index < -0.39 is 6.04 Å². The van der Waals surface area contributed by atoms with Gasteiger partial charge in [-0.15, -0.1) is 0 Å². The van der Waals surface area contributed by atoms with Gasteiger partial charge in [-0.1, -0.05) is 37.8 Å². The van der Waals surface area contributed by atoms with Crippen LogP contribution in [0.4, 0.5) is 4.39 Å². The van der Waals surface area contributed by atoms with Gasteiger partial charge in [-0.2, -0.15) is 0 Å². The lowest BCUT2D eigenvalue weighted by atomic mass is 10.1. The number of pyridine rings is 1. The fraction of sp³-hybridized carbons (Fsp3) is 0.435. The number of rotatable bonds is 5. The van der Waals surface area contributed by atoms with Gasteiger partial charge >= 0.3 is 0 Å². The molecule has 2 aliphatic rings. The third-order valence-corrected chi connectivity index (χ3v) is 5.89. The minimum absolute atomic E-state index is 0.0442. The molecule has 0 saturated heterocycles. The van der Waals surface area contributed by atoms with Crippen molar-refractivity contribution in [3.63, 3.8) is 0 Å². The second-order valence-electron chi connectivity index (χ2n) is 7.97. The molecule has 0 bridgehead atoms. The van der Waals surface area contributed by atoms with Gasteiger partial charge in [0, 0.05) is 18.8 Å². The van der Waals surface area contributed by atoms with Gasteiger partial charge in [0.15, 0.2) is 0 Å². The number of nitrogens with zero attached hydrogens (tertiary/aromatic N) is 2. The largest absolute Gasteiger partial charge is 0.353 e. The molecular weight excluding hydrogens is 369 g/mol. The molecule has 4 rings (SSSR count). The molecule has 1 N–H and O–H groups in total. The molecule has 1 saturated carbocycles. The molecule has 2 heterocycles. The number of hydrogen-bond acceptors (Lipinski definition) is 3. The molecule has 6 heteroatoms. The Kier molecular flexibility index (Phi) is 5.88. The van der Waals surface area contributed by atoms with Crippen LogP contribution in [0.25, 0.3) is 0 Å². The molecule has 152 valence electrons. The number of carbonyl (C=O) groups excluding carboxylic acids is 2. The second kappa shape index (κ2) is 8.72. The van der Waals surface area contributed by atoms with Crippen LogP contribution in [-0.4, -0.2) is 27.7 Å². The first-order valence-corrected chi connectivity index (χ1v) is 10.4.